The summed E-state index contributed by atoms with van der Waals surface area (Å²) in [6, 6.07) is 10.2. The van der Waals surface area contributed by atoms with E-state index in [1.54, 1.807) is 20.2 Å². The summed E-state index contributed by atoms with van der Waals surface area (Å²) in [5.74, 6) is 1.82. The first kappa shape index (κ1) is 16.7. The summed E-state index contributed by atoms with van der Waals surface area (Å²) in [4.78, 5) is 8.38. The van der Waals surface area contributed by atoms with E-state index in [1.807, 2.05) is 29.1 Å². The number of aliphatic imine (C=N–C) groups is 1. The van der Waals surface area contributed by atoms with Crippen molar-refractivity contribution in [1.29, 1.82) is 0 Å². The number of guanidine groups is 1. The molecular formula is C17H21N7O. The maximum Gasteiger partial charge on any atom is 0.223 e. The Hall–Kier alpha value is -3.16. The molecular weight excluding hydrogens is 318 g/mol. The Labute approximate surface area is 146 Å². The molecule has 0 aliphatic rings. The lowest BCUT2D eigenvalue weighted by molar-refractivity contribution is 0.387. The van der Waals surface area contributed by atoms with Crippen LogP contribution in [-0.2, 0) is 19.6 Å². The van der Waals surface area contributed by atoms with Crippen LogP contribution in [0.15, 0.2) is 52.2 Å². The average molecular weight is 339 g/mol. The van der Waals surface area contributed by atoms with E-state index in [-0.39, 0.29) is 0 Å². The number of nitrogens with zero attached hydrogens (tertiary/aromatic N) is 5. The van der Waals surface area contributed by atoms with E-state index in [4.69, 9.17) is 4.52 Å². The van der Waals surface area contributed by atoms with E-state index in [1.165, 1.54) is 11.1 Å². The summed E-state index contributed by atoms with van der Waals surface area (Å²) in [6.45, 7) is 3.60. The Morgan fingerprint density at radius 1 is 1.16 bits per heavy atom. The van der Waals surface area contributed by atoms with Gasteiger partial charge in [-0.25, -0.2) is 0 Å². The monoisotopic (exact) mass is 339 g/mol. The summed E-state index contributed by atoms with van der Waals surface area (Å²) in [6.07, 6.45) is 3.74. The highest BCUT2D eigenvalue weighted by molar-refractivity contribution is 5.79. The molecule has 0 saturated carbocycles. The first-order valence-corrected chi connectivity index (χ1v) is 8.02. The molecule has 3 rings (SSSR count). The average Bonchev–Trinajstić information content (AvgIpc) is 3.28. The molecule has 0 bridgehead atoms. The highest BCUT2D eigenvalue weighted by Gasteiger charge is 2.06. The van der Waals surface area contributed by atoms with Gasteiger partial charge in [-0.15, -0.1) is 0 Å². The van der Waals surface area contributed by atoms with Crippen LogP contribution in [-0.4, -0.2) is 32.9 Å². The Morgan fingerprint density at radius 2 is 1.96 bits per heavy atom. The number of nitrogens with one attached hydrogen (secondary N) is 2. The summed E-state index contributed by atoms with van der Waals surface area (Å²) < 4.78 is 6.86. The molecule has 0 radical (unpaired) electrons. The van der Waals surface area contributed by atoms with Crippen molar-refractivity contribution >= 4 is 5.96 Å². The molecule has 0 saturated heterocycles. The highest BCUT2D eigenvalue weighted by atomic mass is 16.5. The van der Waals surface area contributed by atoms with Crippen molar-refractivity contribution in [2.45, 2.75) is 26.6 Å². The Morgan fingerprint density at radius 3 is 2.64 bits per heavy atom. The highest BCUT2D eigenvalue weighted by Crippen LogP contribution is 2.10. The standard InChI is InChI=1S/C17H21N7O/c1-13-22-16(23-25-13)11-20-17(18-2)19-10-14-6-3-4-7-15(14)12-24-9-5-8-21-24/h3-9H,10-12H2,1-2H3,(H2,18,19,20). The Balaban J connectivity index is 1.58. The lowest BCUT2D eigenvalue weighted by Gasteiger charge is -2.13. The van der Waals surface area contributed by atoms with Gasteiger partial charge in [-0.2, -0.15) is 10.1 Å². The van der Waals surface area contributed by atoms with Gasteiger partial charge in [0.1, 0.15) is 0 Å². The molecule has 1 aromatic carbocycles. The molecule has 8 nitrogen and oxygen atoms in total. The van der Waals surface area contributed by atoms with Gasteiger partial charge in [-0.1, -0.05) is 29.4 Å². The van der Waals surface area contributed by atoms with E-state index in [0.29, 0.717) is 30.8 Å². The topological polar surface area (TPSA) is 93.2 Å². The van der Waals surface area contributed by atoms with Crippen LogP contribution < -0.4 is 10.6 Å². The molecule has 25 heavy (non-hydrogen) atoms. The normalized spacial score (nSPS) is 11.5. The number of hydrogen-bond acceptors (Lipinski definition) is 5. The number of aromatic nitrogens is 4. The predicted octanol–water partition coefficient (Wildman–Crippen LogP) is 1.49. The summed E-state index contributed by atoms with van der Waals surface area (Å²) >= 11 is 0. The molecule has 3 aromatic rings. The molecule has 0 aliphatic carbocycles. The molecule has 0 atom stereocenters. The SMILES string of the molecule is CN=C(NCc1noc(C)n1)NCc1ccccc1Cn1cccn1. The predicted molar refractivity (Wildman–Crippen MR) is 93.8 cm³/mol. The number of benzene rings is 1. The van der Waals surface area contributed by atoms with Crippen molar-refractivity contribution in [1.82, 2.24) is 30.6 Å². The van der Waals surface area contributed by atoms with Crippen molar-refractivity contribution < 1.29 is 4.52 Å². The van der Waals surface area contributed by atoms with Crippen LogP contribution in [0.2, 0.25) is 0 Å². The van der Waals surface area contributed by atoms with E-state index in [2.05, 4.69) is 43.0 Å². The third-order valence-electron chi connectivity index (χ3n) is 3.66. The van der Waals surface area contributed by atoms with E-state index in [0.717, 1.165) is 6.54 Å². The largest absolute Gasteiger partial charge is 0.352 e. The van der Waals surface area contributed by atoms with Crippen molar-refractivity contribution in [3.05, 3.63) is 65.6 Å². The van der Waals surface area contributed by atoms with E-state index < -0.39 is 0 Å². The van der Waals surface area contributed by atoms with Crippen molar-refractivity contribution in [2.24, 2.45) is 4.99 Å². The maximum atomic E-state index is 4.96. The summed E-state index contributed by atoms with van der Waals surface area (Å²) in [7, 11) is 1.73. The Bertz CT molecular complexity index is 823. The van der Waals surface area contributed by atoms with Crippen LogP contribution in [0.25, 0.3) is 0 Å². The minimum Gasteiger partial charge on any atom is -0.352 e. The number of rotatable bonds is 6. The minimum atomic E-state index is 0.450. The molecule has 2 heterocycles. The van der Waals surface area contributed by atoms with Crippen molar-refractivity contribution in [3.8, 4) is 0 Å². The first-order valence-electron chi connectivity index (χ1n) is 8.02. The number of hydrogen-bond donors (Lipinski definition) is 2. The third-order valence-corrected chi connectivity index (χ3v) is 3.66. The lowest BCUT2D eigenvalue weighted by atomic mass is 10.1. The van der Waals surface area contributed by atoms with E-state index in [9.17, 15) is 0 Å². The fourth-order valence-corrected chi connectivity index (χ4v) is 2.43. The van der Waals surface area contributed by atoms with Gasteiger partial charge < -0.3 is 15.2 Å². The minimum absolute atomic E-state index is 0.450. The Kier molecular flexibility index (Phi) is 5.40. The van der Waals surface area contributed by atoms with Crippen molar-refractivity contribution in [2.75, 3.05) is 7.05 Å². The molecule has 0 spiro atoms. The fraction of sp³-hybridized carbons (Fsp3) is 0.294. The smallest absolute Gasteiger partial charge is 0.223 e. The zero-order valence-corrected chi connectivity index (χ0v) is 14.3. The zero-order chi connectivity index (χ0) is 17.5. The van der Waals surface area contributed by atoms with Gasteiger partial charge in [0.25, 0.3) is 0 Å². The van der Waals surface area contributed by atoms with Crippen molar-refractivity contribution in [3.63, 3.8) is 0 Å². The zero-order valence-electron chi connectivity index (χ0n) is 14.3. The third kappa shape index (κ3) is 4.66. The molecule has 0 aliphatic heterocycles. The van der Waals surface area contributed by atoms with Gasteiger partial charge in [0, 0.05) is 32.9 Å². The van der Waals surface area contributed by atoms with Crippen LogP contribution in [0, 0.1) is 6.92 Å². The van der Waals surface area contributed by atoms with Crippen LogP contribution in [0.4, 0.5) is 0 Å². The van der Waals surface area contributed by atoms with E-state index >= 15 is 0 Å². The van der Waals surface area contributed by atoms with Crippen LogP contribution in [0.5, 0.6) is 0 Å². The molecule has 0 fully saturated rings. The van der Waals surface area contributed by atoms with Gasteiger partial charge in [0.2, 0.25) is 5.89 Å². The molecule has 0 amide bonds. The molecule has 2 N–H and O–H groups in total. The second kappa shape index (κ2) is 8.09. The molecule has 130 valence electrons. The van der Waals surface area contributed by atoms with Crippen LogP contribution in [0.1, 0.15) is 22.8 Å². The molecule has 8 heteroatoms. The van der Waals surface area contributed by atoms with Crippen LogP contribution in [0.3, 0.4) is 0 Å². The lowest BCUT2D eigenvalue weighted by Crippen LogP contribution is -2.36. The van der Waals surface area contributed by atoms with Gasteiger partial charge in [-0.3, -0.25) is 9.67 Å². The van der Waals surface area contributed by atoms with Gasteiger partial charge in [-0.05, 0) is 17.2 Å². The van der Waals surface area contributed by atoms with Gasteiger partial charge in [0.15, 0.2) is 11.8 Å². The summed E-state index contributed by atoms with van der Waals surface area (Å²) in [5.41, 5.74) is 2.40. The number of aryl methyl sites for hydroxylation is 1. The molecule has 2 aromatic heterocycles. The van der Waals surface area contributed by atoms with Gasteiger partial charge >= 0.3 is 0 Å². The van der Waals surface area contributed by atoms with Crippen LogP contribution >= 0.6 is 0 Å². The second-order valence-corrected chi connectivity index (χ2v) is 5.48. The van der Waals surface area contributed by atoms with Gasteiger partial charge in [0.05, 0.1) is 13.1 Å². The summed E-state index contributed by atoms with van der Waals surface area (Å²) in [5, 5.41) is 14.6. The first-order chi connectivity index (χ1) is 12.2. The fourth-order valence-electron chi connectivity index (χ4n) is 2.43. The second-order valence-electron chi connectivity index (χ2n) is 5.48. The quantitative estimate of drug-likeness (QED) is 0.522. The molecule has 0 unspecified atom stereocenters. The maximum absolute atomic E-state index is 4.96.